The van der Waals surface area contributed by atoms with Crippen LogP contribution < -0.4 is 5.32 Å². The summed E-state index contributed by atoms with van der Waals surface area (Å²) < 4.78 is 0. The van der Waals surface area contributed by atoms with Gasteiger partial charge in [-0.15, -0.1) is 0 Å². The lowest BCUT2D eigenvalue weighted by Gasteiger charge is -2.11. The Morgan fingerprint density at radius 1 is 1.50 bits per heavy atom. The fourth-order valence-corrected chi connectivity index (χ4v) is 1.65. The Hall–Kier alpha value is -1.95. The van der Waals surface area contributed by atoms with Crippen LogP contribution in [-0.4, -0.2) is 22.5 Å². The van der Waals surface area contributed by atoms with Crippen molar-refractivity contribution < 1.29 is 14.8 Å². The van der Waals surface area contributed by atoms with Crippen molar-refractivity contribution in [2.75, 3.05) is 6.54 Å². The highest BCUT2D eigenvalue weighted by atomic mass is 16.6. The largest absolute Gasteiger partial charge is 0.388 e. The van der Waals surface area contributed by atoms with E-state index in [0.29, 0.717) is 24.9 Å². The number of aliphatic hydroxyl groups is 1. The molecule has 0 bridgehead atoms. The van der Waals surface area contributed by atoms with Crippen LogP contribution in [-0.2, 0) is 4.79 Å². The molecule has 0 aliphatic carbocycles. The molecule has 1 rings (SSSR count). The van der Waals surface area contributed by atoms with Gasteiger partial charge in [0.25, 0.3) is 5.69 Å². The molecular weight excluding hydrogens is 236 g/mol. The SMILES string of the molecule is CC(=O)NCCCC(O)c1ccccc1[N+](=O)[O-]. The summed E-state index contributed by atoms with van der Waals surface area (Å²) in [4.78, 5) is 20.9. The van der Waals surface area contributed by atoms with E-state index in [2.05, 4.69) is 5.32 Å². The van der Waals surface area contributed by atoms with Crippen LogP contribution in [0.5, 0.6) is 0 Å². The molecule has 0 saturated heterocycles. The summed E-state index contributed by atoms with van der Waals surface area (Å²) in [5.41, 5.74) is 0.231. The fraction of sp³-hybridized carbons (Fsp3) is 0.417. The molecular formula is C12H16N2O4. The van der Waals surface area contributed by atoms with Crippen LogP contribution in [0.1, 0.15) is 31.4 Å². The van der Waals surface area contributed by atoms with Gasteiger partial charge in [-0.3, -0.25) is 14.9 Å². The first-order valence-electron chi connectivity index (χ1n) is 5.68. The van der Waals surface area contributed by atoms with E-state index >= 15 is 0 Å². The zero-order valence-corrected chi connectivity index (χ0v) is 10.1. The van der Waals surface area contributed by atoms with Crippen molar-refractivity contribution in [3.8, 4) is 0 Å². The minimum Gasteiger partial charge on any atom is -0.388 e. The Morgan fingerprint density at radius 3 is 2.78 bits per heavy atom. The zero-order chi connectivity index (χ0) is 13.5. The summed E-state index contributed by atoms with van der Waals surface area (Å²) in [5.74, 6) is -0.129. The van der Waals surface area contributed by atoms with Crippen LogP contribution in [0, 0.1) is 10.1 Å². The van der Waals surface area contributed by atoms with Gasteiger partial charge < -0.3 is 10.4 Å². The molecule has 1 amide bonds. The molecule has 1 atom stereocenters. The summed E-state index contributed by atoms with van der Waals surface area (Å²) in [6.07, 6.45) is 0.0399. The van der Waals surface area contributed by atoms with E-state index in [-0.39, 0.29) is 11.6 Å². The first-order chi connectivity index (χ1) is 8.52. The van der Waals surface area contributed by atoms with Crippen molar-refractivity contribution in [3.63, 3.8) is 0 Å². The van der Waals surface area contributed by atoms with Gasteiger partial charge in [-0.05, 0) is 18.9 Å². The van der Waals surface area contributed by atoms with Crippen LogP contribution in [0.4, 0.5) is 5.69 Å². The van der Waals surface area contributed by atoms with Gasteiger partial charge in [-0.2, -0.15) is 0 Å². The molecule has 2 N–H and O–H groups in total. The third-order valence-corrected chi connectivity index (χ3v) is 2.52. The summed E-state index contributed by atoms with van der Waals surface area (Å²) >= 11 is 0. The second-order valence-electron chi connectivity index (χ2n) is 3.96. The maximum Gasteiger partial charge on any atom is 0.275 e. The van der Waals surface area contributed by atoms with Crippen molar-refractivity contribution in [2.24, 2.45) is 0 Å². The number of nitro groups is 1. The van der Waals surface area contributed by atoms with Gasteiger partial charge in [0.05, 0.1) is 16.6 Å². The number of benzene rings is 1. The number of aliphatic hydroxyl groups excluding tert-OH is 1. The highest BCUT2D eigenvalue weighted by molar-refractivity contribution is 5.72. The quantitative estimate of drug-likeness (QED) is 0.456. The predicted octanol–water partition coefficient (Wildman–Crippen LogP) is 1.54. The molecule has 6 nitrogen and oxygen atoms in total. The third kappa shape index (κ3) is 4.14. The third-order valence-electron chi connectivity index (χ3n) is 2.52. The smallest absolute Gasteiger partial charge is 0.275 e. The van der Waals surface area contributed by atoms with Crippen molar-refractivity contribution >= 4 is 11.6 Å². The standard InChI is InChI=1S/C12H16N2O4/c1-9(15)13-8-4-7-12(16)10-5-2-3-6-11(10)14(17)18/h2-3,5-6,12,16H,4,7-8H2,1H3,(H,13,15). The molecule has 0 heterocycles. The molecule has 98 valence electrons. The number of hydrogen-bond acceptors (Lipinski definition) is 4. The Labute approximate surface area is 105 Å². The van der Waals surface area contributed by atoms with E-state index < -0.39 is 11.0 Å². The minimum absolute atomic E-state index is 0.0791. The lowest BCUT2D eigenvalue weighted by Crippen LogP contribution is -2.21. The number of rotatable bonds is 6. The van der Waals surface area contributed by atoms with E-state index in [1.54, 1.807) is 18.2 Å². The molecule has 1 unspecified atom stereocenters. The van der Waals surface area contributed by atoms with E-state index in [9.17, 15) is 20.0 Å². The summed E-state index contributed by atoms with van der Waals surface area (Å²) in [6, 6.07) is 6.12. The second-order valence-corrected chi connectivity index (χ2v) is 3.96. The van der Waals surface area contributed by atoms with Gasteiger partial charge >= 0.3 is 0 Å². The number of amides is 1. The average Bonchev–Trinajstić information content (AvgIpc) is 2.34. The minimum atomic E-state index is -0.889. The lowest BCUT2D eigenvalue weighted by molar-refractivity contribution is -0.386. The number of carbonyl (C=O) groups is 1. The Balaban J connectivity index is 2.58. The average molecular weight is 252 g/mol. The number of para-hydroxylation sites is 1. The van der Waals surface area contributed by atoms with Gasteiger partial charge in [-0.25, -0.2) is 0 Å². The molecule has 0 saturated carbocycles. The summed E-state index contributed by atoms with van der Waals surface area (Å²) in [7, 11) is 0. The molecule has 0 spiro atoms. The second kappa shape index (κ2) is 6.70. The van der Waals surface area contributed by atoms with E-state index in [4.69, 9.17) is 0 Å². The topological polar surface area (TPSA) is 92.5 Å². The van der Waals surface area contributed by atoms with Gasteiger partial charge in [0.2, 0.25) is 5.91 Å². The fourth-order valence-electron chi connectivity index (χ4n) is 1.65. The summed E-state index contributed by atoms with van der Waals surface area (Å²) in [6.45, 7) is 1.87. The van der Waals surface area contributed by atoms with E-state index in [0.717, 1.165) is 0 Å². The van der Waals surface area contributed by atoms with Gasteiger partial charge in [-0.1, -0.05) is 12.1 Å². The van der Waals surface area contributed by atoms with E-state index in [1.165, 1.54) is 13.0 Å². The molecule has 1 aromatic carbocycles. The van der Waals surface area contributed by atoms with Crippen LogP contribution in [0.25, 0.3) is 0 Å². The highest BCUT2D eigenvalue weighted by Gasteiger charge is 2.18. The number of hydrogen-bond donors (Lipinski definition) is 2. The van der Waals surface area contributed by atoms with Crippen LogP contribution in [0.3, 0.4) is 0 Å². The van der Waals surface area contributed by atoms with Crippen LogP contribution in [0.15, 0.2) is 24.3 Å². The maximum atomic E-state index is 10.8. The predicted molar refractivity (Wildman–Crippen MR) is 66.0 cm³/mol. The summed E-state index contributed by atoms with van der Waals surface area (Å²) in [5, 5.41) is 23.3. The Bertz CT molecular complexity index is 434. The van der Waals surface area contributed by atoms with Gasteiger partial charge in [0, 0.05) is 19.5 Å². The molecule has 1 aromatic rings. The van der Waals surface area contributed by atoms with E-state index in [1.807, 2.05) is 0 Å². The first kappa shape index (κ1) is 14.1. The molecule has 0 aliphatic heterocycles. The first-order valence-corrected chi connectivity index (χ1v) is 5.68. The molecule has 0 radical (unpaired) electrons. The molecule has 0 aromatic heterocycles. The normalized spacial score (nSPS) is 11.9. The van der Waals surface area contributed by atoms with Crippen molar-refractivity contribution in [3.05, 3.63) is 39.9 Å². The monoisotopic (exact) mass is 252 g/mol. The molecule has 0 fully saturated rings. The van der Waals surface area contributed by atoms with Gasteiger partial charge in [0.1, 0.15) is 0 Å². The number of nitrogens with zero attached hydrogens (tertiary/aromatic N) is 1. The van der Waals surface area contributed by atoms with Crippen molar-refractivity contribution in [2.45, 2.75) is 25.9 Å². The highest BCUT2D eigenvalue weighted by Crippen LogP contribution is 2.27. The number of carbonyl (C=O) groups excluding carboxylic acids is 1. The van der Waals surface area contributed by atoms with Crippen LogP contribution >= 0.6 is 0 Å². The Morgan fingerprint density at radius 2 is 2.17 bits per heavy atom. The zero-order valence-electron chi connectivity index (χ0n) is 10.1. The molecule has 18 heavy (non-hydrogen) atoms. The van der Waals surface area contributed by atoms with Crippen LogP contribution in [0.2, 0.25) is 0 Å². The van der Waals surface area contributed by atoms with Crippen molar-refractivity contribution in [1.82, 2.24) is 5.32 Å². The number of nitrogens with one attached hydrogen (secondary N) is 1. The van der Waals surface area contributed by atoms with Crippen molar-refractivity contribution in [1.29, 1.82) is 0 Å². The van der Waals surface area contributed by atoms with Gasteiger partial charge in [0.15, 0.2) is 0 Å². The maximum absolute atomic E-state index is 10.8. The lowest BCUT2D eigenvalue weighted by atomic mass is 10.0. The molecule has 0 aliphatic rings. The number of nitro benzene ring substituents is 1. The Kier molecular flexibility index (Phi) is 5.26. The molecule has 6 heteroatoms.